The Kier molecular flexibility index (Phi) is 5.69. The first-order chi connectivity index (χ1) is 14.1. The number of hydrogen-bond donors (Lipinski definition) is 1. The van der Waals surface area contributed by atoms with E-state index in [0.29, 0.717) is 43.1 Å². The van der Waals surface area contributed by atoms with Crippen LogP contribution in [0.2, 0.25) is 0 Å². The molecule has 7 heteroatoms. The van der Waals surface area contributed by atoms with E-state index in [-0.39, 0.29) is 11.8 Å². The Morgan fingerprint density at radius 2 is 1.66 bits per heavy atom. The number of carbonyl (C=O) groups excluding carboxylic acids is 2. The second-order valence-corrected chi connectivity index (χ2v) is 7.83. The molecule has 1 N–H and O–H groups in total. The Morgan fingerprint density at radius 3 is 2.28 bits per heavy atom. The molecule has 0 atom stereocenters. The summed E-state index contributed by atoms with van der Waals surface area (Å²) in [4.78, 5) is 31.2. The highest BCUT2D eigenvalue weighted by molar-refractivity contribution is 7.09. The second kappa shape index (κ2) is 8.55. The van der Waals surface area contributed by atoms with Gasteiger partial charge in [-0.3, -0.25) is 9.59 Å². The van der Waals surface area contributed by atoms with Crippen LogP contribution in [0.1, 0.15) is 25.7 Å². The molecule has 0 saturated carbocycles. The summed E-state index contributed by atoms with van der Waals surface area (Å²) >= 11 is 1.60. The van der Waals surface area contributed by atoms with Crippen LogP contribution in [0.4, 0.5) is 5.69 Å². The van der Waals surface area contributed by atoms with Crippen molar-refractivity contribution in [1.82, 2.24) is 9.88 Å². The van der Waals surface area contributed by atoms with E-state index in [4.69, 9.17) is 4.74 Å². The molecular weight excluding hydrogens is 386 g/mol. The number of morpholine rings is 1. The van der Waals surface area contributed by atoms with Crippen LogP contribution in [-0.4, -0.2) is 48.0 Å². The first-order valence-electron chi connectivity index (χ1n) is 9.41. The van der Waals surface area contributed by atoms with Gasteiger partial charge in [-0.05, 0) is 43.3 Å². The zero-order valence-corrected chi connectivity index (χ0v) is 16.9. The van der Waals surface area contributed by atoms with Crippen molar-refractivity contribution in [2.45, 2.75) is 6.92 Å². The molecule has 2 heterocycles. The third-order valence-corrected chi connectivity index (χ3v) is 5.52. The third-order valence-electron chi connectivity index (χ3n) is 4.75. The molecule has 0 bridgehead atoms. The molecular formula is C22H21N3O3S. The lowest BCUT2D eigenvalue weighted by Crippen LogP contribution is -2.40. The largest absolute Gasteiger partial charge is 0.378 e. The molecule has 0 aliphatic carbocycles. The fourth-order valence-electron chi connectivity index (χ4n) is 3.14. The van der Waals surface area contributed by atoms with E-state index in [9.17, 15) is 9.59 Å². The van der Waals surface area contributed by atoms with Gasteiger partial charge in [0.15, 0.2) is 0 Å². The lowest BCUT2D eigenvalue weighted by molar-refractivity contribution is 0.0303. The maximum Gasteiger partial charge on any atom is 0.255 e. The fourth-order valence-corrected chi connectivity index (χ4v) is 3.76. The van der Waals surface area contributed by atoms with Crippen molar-refractivity contribution in [3.63, 3.8) is 0 Å². The highest BCUT2D eigenvalue weighted by Gasteiger charge is 2.18. The molecule has 0 spiro atoms. The number of anilines is 1. The highest BCUT2D eigenvalue weighted by Crippen LogP contribution is 2.22. The molecule has 1 saturated heterocycles. The van der Waals surface area contributed by atoms with Crippen LogP contribution in [0.25, 0.3) is 11.3 Å². The number of rotatable bonds is 4. The number of benzene rings is 2. The zero-order chi connectivity index (χ0) is 20.2. The minimum atomic E-state index is -0.196. The molecule has 3 aromatic rings. The number of ether oxygens (including phenoxy) is 1. The Morgan fingerprint density at radius 1 is 1.00 bits per heavy atom. The van der Waals surface area contributed by atoms with Gasteiger partial charge in [-0.25, -0.2) is 4.98 Å². The topological polar surface area (TPSA) is 71.5 Å². The molecule has 2 amide bonds. The summed E-state index contributed by atoms with van der Waals surface area (Å²) in [7, 11) is 0. The zero-order valence-electron chi connectivity index (χ0n) is 16.1. The van der Waals surface area contributed by atoms with Crippen LogP contribution in [0.3, 0.4) is 0 Å². The van der Waals surface area contributed by atoms with Crippen LogP contribution >= 0.6 is 11.3 Å². The van der Waals surface area contributed by atoms with Crippen molar-refractivity contribution < 1.29 is 14.3 Å². The van der Waals surface area contributed by atoms with Crippen molar-refractivity contribution in [2.24, 2.45) is 0 Å². The van der Waals surface area contributed by atoms with E-state index in [1.807, 2.05) is 24.4 Å². The van der Waals surface area contributed by atoms with Crippen LogP contribution in [0, 0.1) is 6.92 Å². The first kappa shape index (κ1) is 19.3. The Balaban J connectivity index is 1.39. The van der Waals surface area contributed by atoms with E-state index < -0.39 is 0 Å². The van der Waals surface area contributed by atoms with E-state index in [0.717, 1.165) is 16.3 Å². The second-order valence-electron chi connectivity index (χ2n) is 6.77. The number of thiazole rings is 1. The summed E-state index contributed by atoms with van der Waals surface area (Å²) in [6.45, 7) is 4.32. The van der Waals surface area contributed by atoms with Gasteiger partial charge in [0.1, 0.15) is 0 Å². The van der Waals surface area contributed by atoms with Gasteiger partial charge in [0.2, 0.25) is 0 Å². The van der Waals surface area contributed by atoms with Crippen molar-refractivity contribution in [1.29, 1.82) is 0 Å². The normalized spacial score (nSPS) is 13.9. The number of amides is 2. The number of aryl methyl sites for hydroxylation is 1. The van der Waals surface area contributed by atoms with Gasteiger partial charge in [-0.2, -0.15) is 0 Å². The summed E-state index contributed by atoms with van der Waals surface area (Å²) < 4.78 is 5.28. The van der Waals surface area contributed by atoms with Crippen LogP contribution < -0.4 is 5.32 Å². The molecule has 1 aromatic heterocycles. The van der Waals surface area contributed by atoms with Gasteiger partial charge in [-0.15, -0.1) is 11.3 Å². The summed E-state index contributed by atoms with van der Waals surface area (Å²) in [6, 6.07) is 14.3. The first-order valence-corrected chi connectivity index (χ1v) is 10.3. The lowest BCUT2D eigenvalue weighted by atomic mass is 10.1. The smallest absolute Gasteiger partial charge is 0.255 e. The molecule has 0 radical (unpaired) electrons. The van der Waals surface area contributed by atoms with Gasteiger partial charge in [0.05, 0.1) is 23.9 Å². The van der Waals surface area contributed by atoms with Gasteiger partial charge in [0.25, 0.3) is 11.8 Å². The van der Waals surface area contributed by atoms with Gasteiger partial charge < -0.3 is 15.0 Å². The fraction of sp³-hybridized carbons (Fsp3) is 0.227. The Hall–Kier alpha value is -3.03. The highest BCUT2D eigenvalue weighted by atomic mass is 32.1. The Bertz CT molecular complexity index is 1010. The molecule has 0 unspecified atom stereocenters. The maximum atomic E-state index is 12.5. The molecule has 4 rings (SSSR count). The van der Waals surface area contributed by atoms with Gasteiger partial charge in [-0.1, -0.05) is 12.1 Å². The molecule has 2 aromatic carbocycles. The van der Waals surface area contributed by atoms with Crippen LogP contribution in [0.15, 0.2) is 53.9 Å². The quantitative estimate of drug-likeness (QED) is 0.713. The SMILES string of the molecule is Cc1nc(-c2ccc(C(=O)Nc3ccc(C(=O)N4CCOCC4)cc3)cc2)cs1. The number of hydrogen-bond acceptors (Lipinski definition) is 5. The molecule has 1 aliphatic heterocycles. The monoisotopic (exact) mass is 407 g/mol. The minimum absolute atomic E-state index is 0.0148. The number of aromatic nitrogens is 1. The standard InChI is InChI=1S/C22H21N3O3S/c1-15-23-20(14-29-15)16-2-4-17(5-3-16)21(26)24-19-8-6-18(7-9-19)22(27)25-10-12-28-13-11-25/h2-9,14H,10-13H2,1H3,(H,24,26). The molecule has 1 fully saturated rings. The van der Waals surface area contributed by atoms with Crippen LogP contribution in [0.5, 0.6) is 0 Å². The van der Waals surface area contributed by atoms with Crippen molar-refractivity contribution in [3.05, 3.63) is 70.0 Å². The third kappa shape index (κ3) is 4.52. The van der Waals surface area contributed by atoms with E-state index in [2.05, 4.69) is 10.3 Å². The van der Waals surface area contributed by atoms with Crippen molar-refractivity contribution in [2.75, 3.05) is 31.6 Å². The molecule has 29 heavy (non-hydrogen) atoms. The van der Waals surface area contributed by atoms with Crippen molar-refractivity contribution >= 4 is 28.8 Å². The summed E-state index contributed by atoms with van der Waals surface area (Å²) in [5.74, 6) is -0.211. The number of carbonyl (C=O) groups is 2. The Labute approximate surface area is 173 Å². The van der Waals surface area contributed by atoms with E-state index >= 15 is 0 Å². The minimum Gasteiger partial charge on any atom is -0.378 e. The van der Waals surface area contributed by atoms with Gasteiger partial charge >= 0.3 is 0 Å². The van der Waals surface area contributed by atoms with E-state index in [1.54, 1.807) is 52.6 Å². The van der Waals surface area contributed by atoms with Crippen molar-refractivity contribution in [3.8, 4) is 11.3 Å². The predicted octanol–water partition coefficient (Wildman–Crippen LogP) is 3.84. The van der Waals surface area contributed by atoms with Gasteiger partial charge in [0, 0.05) is 40.8 Å². The molecule has 1 aliphatic rings. The van der Waals surface area contributed by atoms with Crippen LogP contribution in [-0.2, 0) is 4.74 Å². The number of nitrogens with zero attached hydrogens (tertiary/aromatic N) is 2. The molecule has 148 valence electrons. The summed E-state index contributed by atoms with van der Waals surface area (Å²) in [6.07, 6.45) is 0. The number of nitrogens with one attached hydrogen (secondary N) is 1. The van der Waals surface area contributed by atoms with E-state index in [1.165, 1.54) is 0 Å². The summed E-state index contributed by atoms with van der Waals surface area (Å²) in [5.41, 5.74) is 3.71. The molecule has 6 nitrogen and oxygen atoms in total. The lowest BCUT2D eigenvalue weighted by Gasteiger charge is -2.26. The summed E-state index contributed by atoms with van der Waals surface area (Å²) in [5, 5.41) is 5.89. The average molecular weight is 407 g/mol. The predicted molar refractivity (Wildman–Crippen MR) is 113 cm³/mol. The maximum absolute atomic E-state index is 12.5. The average Bonchev–Trinajstić information content (AvgIpc) is 3.21.